The molecule has 1 amide bonds. The van der Waals surface area contributed by atoms with E-state index in [0.29, 0.717) is 12.4 Å². The summed E-state index contributed by atoms with van der Waals surface area (Å²) < 4.78 is 5.40. The van der Waals surface area contributed by atoms with Gasteiger partial charge in [0.2, 0.25) is 0 Å². The normalized spacial score (nSPS) is 15.4. The molecule has 100 valence electrons. The van der Waals surface area contributed by atoms with Crippen LogP contribution in [0.3, 0.4) is 0 Å². The molecule has 0 saturated heterocycles. The summed E-state index contributed by atoms with van der Waals surface area (Å²) in [5.41, 5.74) is 1.92. The van der Waals surface area contributed by atoms with E-state index in [0.717, 1.165) is 18.5 Å². The minimum atomic E-state index is -0.443. The van der Waals surface area contributed by atoms with Gasteiger partial charge in [-0.25, -0.2) is 4.79 Å². The first-order valence-corrected chi connectivity index (χ1v) is 7.44. The van der Waals surface area contributed by atoms with Crippen molar-refractivity contribution in [3.63, 3.8) is 0 Å². The van der Waals surface area contributed by atoms with Gasteiger partial charge in [-0.15, -0.1) is 22.9 Å². The number of amides is 1. The first-order chi connectivity index (χ1) is 8.40. The second kappa shape index (κ2) is 5.10. The Morgan fingerprint density at radius 1 is 1.56 bits per heavy atom. The Morgan fingerprint density at radius 3 is 2.89 bits per heavy atom. The van der Waals surface area contributed by atoms with Crippen molar-refractivity contribution in [1.29, 1.82) is 0 Å². The van der Waals surface area contributed by atoms with Gasteiger partial charge in [0.15, 0.2) is 0 Å². The Balaban J connectivity index is 2.09. The van der Waals surface area contributed by atoms with Gasteiger partial charge in [-0.2, -0.15) is 0 Å². The van der Waals surface area contributed by atoms with Crippen LogP contribution in [0, 0.1) is 0 Å². The van der Waals surface area contributed by atoms with Crippen LogP contribution in [0.1, 0.15) is 36.8 Å². The number of hydrogen-bond donors (Lipinski definition) is 0. The molecule has 0 aromatic carbocycles. The van der Waals surface area contributed by atoms with Gasteiger partial charge in [0.05, 0.1) is 6.54 Å². The van der Waals surface area contributed by atoms with Gasteiger partial charge in [-0.1, -0.05) is 0 Å². The number of carbonyl (C=O) groups is 1. The first kappa shape index (κ1) is 13.7. The van der Waals surface area contributed by atoms with Crippen LogP contribution in [0.2, 0.25) is 0 Å². The van der Waals surface area contributed by atoms with Crippen molar-refractivity contribution in [3.05, 3.63) is 21.4 Å². The van der Waals surface area contributed by atoms with Crippen LogP contribution in [-0.4, -0.2) is 23.1 Å². The summed E-state index contributed by atoms with van der Waals surface area (Å²) in [7, 11) is 0. The SMILES string of the molecule is CC(C)(C)OC(=O)N1CCc2scc(CCl)c2C1. The summed E-state index contributed by atoms with van der Waals surface area (Å²) in [6.07, 6.45) is 0.663. The van der Waals surface area contributed by atoms with Crippen LogP contribution in [0.4, 0.5) is 4.79 Å². The highest BCUT2D eigenvalue weighted by Crippen LogP contribution is 2.30. The molecule has 0 aliphatic carbocycles. The average molecular weight is 288 g/mol. The fraction of sp³-hybridized carbons (Fsp3) is 0.615. The van der Waals surface area contributed by atoms with Gasteiger partial charge in [-0.05, 0) is 43.7 Å². The largest absolute Gasteiger partial charge is 0.444 e. The summed E-state index contributed by atoms with van der Waals surface area (Å²) in [6, 6.07) is 0. The van der Waals surface area contributed by atoms with E-state index < -0.39 is 5.60 Å². The van der Waals surface area contributed by atoms with E-state index in [1.807, 2.05) is 20.8 Å². The number of halogens is 1. The summed E-state index contributed by atoms with van der Waals surface area (Å²) >= 11 is 7.65. The second-order valence-corrected chi connectivity index (χ2v) is 6.68. The maximum atomic E-state index is 12.0. The van der Waals surface area contributed by atoms with Crippen molar-refractivity contribution in [2.45, 2.75) is 45.2 Å². The molecule has 1 aliphatic heterocycles. The number of thiophene rings is 1. The van der Waals surface area contributed by atoms with Crippen LogP contribution in [0.15, 0.2) is 5.38 Å². The molecule has 0 atom stereocenters. The van der Waals surface area contributed by atoms with Crippen LogP contribution in [0.25, 0.3) is 0 Å². The second-order valence-electron chi connectivity index (χ2n) is 5.45. The highest BCUT2D eigenvalue weighted by atomic mass is 35.5. The van der Waals surface area contributed by atoms with Gasteiger partial charge in [0.1, 0.15) is 5.60 Å². The van der Waals surface area contributed by atoms with Crippen molar-refractivity contribution < 1.29 is 9.53 Å². The average Bonchev–Trinajstić information content (AvgIpc) is 2.68. The minimum Gasteiger partial charge on any atom is -0.444 e. The highest BCUT2D eigenvalue weighted by Gasteiger charge is 2.27. The molecule has 0 saturated carbocycles. The Bertz CT molecular complexity index is 437. The van der Waals surface area contributed by atoms with Crippen molar-refractivity contribution in [2.24, 2.45) is 0 Å². The molecule has 0 spiro atoms. The van der Waals surface area contributed by atoms with Gasteiger partial charge < -0.3 is 9.64 Å². The van der Waals surface area contributed by atoms with E-state index in [-0.39, 0.29) is 6.09 Å². The molecule has 5 heteroatoms. The number of rotatable bonds is 1. The van der Waals surface area contributed by atoms with Gasteiger partial charge in [0, 0.05) is 17.3 Å². The van der Waals surface area contributed by atoms with Gasteiger partial charge in [0.25, 0.3) is 0 Å². The summed E-state index contributed by atoms with van der Waals surface area (Å²) in [4.78, 5) is 15.1. The topological polar surface area (TPSA) is 29.5 Å². The van der Waals surface area contributed by atoms with Crippen molar-refractivity contribution >= 4 is 29.0 Å². The summed E-state index contributed by atoms with van der Waals surface area (Å²) in [5, 5.41) is 2.09. The molecule has 18 heavy (non-hydrogen) atoms. The molecule has 1 aliphatic rings. The minimum absolute atomic E-state index is 0.236. The standard InChI is InChI=1S/C13H18ClNO2S/c1-13(2,3)17-12(16)15-5-4-11-10(7-15)9(6-14)8-18-11/h8H,4-7H2,1-3H3. The smallest absolute Gasteiger partial charge is 0.410 e. The first-order valence-electron chi connectivity index (χ1n) is 6.02. The lowest BCUT2D eigenvalue weighted by Crippen LogP contribution is -2.39. The molecule has 3 nitrogen and oxygen atoms in total. The predicted molar refractivity (Wildman–Crippen MR) is 74.2 cm³/mol. The lowest BCUT2D eigenvalue weighted by atomic mass is 10.1. The van der Waals surface area contributed by atoms with E-state index >= 15 is 0 Å². The monoisotopic (exact) mass is 287 g/mol. The van der Waals surface area contributed by atoms with Crippen LogP contribution in [-0.2, 0) is 23.6 Å². The summed E-state index contributed by atoms with van der Waals surface area (Å²) in [5.74, 6) is 0.508. The fourth-order valence-corrected chi connectivity index (χ4v) is 3.35. The predicted octanol–water partition coefficient (Wildman–Crippen LogP) is 3.78. The van der Waals surface area contributed by atoms with Gasteiger partial charge >= 0.3 is 6.09 Å². The zero-order valence-electron chi connectivity index (χ0n) is 11.0. The fourth-order valence-electron chi connectivity index (χ4n) is 1.96. The number of nitrogens with zero attached hydrogens (tertiary/aromatic N) is 1. The lowest BCUT2D eigenvalue weighted by molar-refractivity contribution is 0.0225. The molecular weight excluding hydrogens is 270 g/mol. The van der Waals surface area contributed by atoms with Crippen molar-refractivity contribution in [1.82, 2.24) is 4.90 Å². The molecule has 0 bridgehead atoms. The lowest BCUT2D eigenvalue weighted by Gasteiger charge is -2.30. The van der Waals surface area contributed by atoms with E-state index in [1.54, 1.807) is 16.2 Å². The maximum Gasteiger partial charge on any atom is 0.410 e. The molecule has 2 heterocycles. The number of fused-ring (bicyclic) bond motifs is 1. The molecule has 1 aromatic heterocycles. The molecule has 0 fully saturated rings. The Labute approximate surface area is 117 Å². The highest BCUT2D eigenvalue weighted by molar-refractivity contribution is 7.10. The zero-order chi connectivity index (χ0) is 13.3. The molecule has 2 rings (SSSR count). The van der Waals surface area contributed by atoms with Crippen molar-refractivity contribution in [3.8, 4) is 0 Å². The third-order valence-corrected chi connectivity index (χ3v) is 4.25. The van der Waals surface area contributed by atoms with E-state index in [2.05, 4.69) is 5.38 Å². The number of ether oxygens (including phenoxy) is 1. The van der Waals surface area contributed by atoms with Crippen molar-refractivity contribution in [2.75, 3.05) is 6.54 Å². The molecule has 0 radical (unpaired) electrons. The molecule has 1 aromatic rings. The number of carbonyl (C=O) groups excluding carboxylic acids is 1. The van der Waals surface area contributed by atoms with E-state index in [1.165, 1.54) is 10.4 Å². The van der Waals surface area contributed by atoms with E-state index in [4.69, 9.17) is 16.3 Å². The third kappa shape index (κ3) is 2.98. The van der Waals surface area contributed by atoms with Crippen LogP contribution >= 0.6 is 22.9 Å². The third-order valence-electron chi connectivity index (χ3n) is 2.82. The Kier molecular flexibility index (Phi) is 3.87. The van der Waals surface area contributed by atoms with Crippen LogP contribution < -0.4 is 0 Å². The quantitative estimate of drug-likeness (QED) is 0.736. The summed E-state index contributed by atoms with van der Waals surface area (Å²) in [6.45, 7) is 7.00. The number of alkyl halides is 1. The number of hydrogen-bond acceptors (Lipinski definition) is 3. The van der Waals surface area contributed by atoms with E-state index in [9.17, 15) is 4.79 Å². The van der Waals surface area contributed by atoms with Gasteiger partial charge in [-0.3, -0.25) is 0 Å². The molecule has 0 N–H and O–H groups in total. The van der Waals surface area contributed by atoms with Crippen LogP contribution in [0.5, 0.6) is 0 Å². The Hall–Kier alpha value is -0.740. The molecule has 0 unspecified atom stereocenters. The molecular formula is C13H18ClNO2S. The maximum absolute atomic E-state index is 12.0. The zero-order valence-corrected chi connectivity index (χ0v) is 12.5. The Morgan fingerprint density at radius 2 is 2.28 bits per heavy atom.